The first-order valence-electron chi connectivity index (χ1n) is 10.8. The lowest BCUT2D eigenvalue weighted by molar-refractivity contribution is -0.920. The lowest BCUT2D eigenvalue weighted by Gasteiger charge is -2.43. The molecule has 1 fully saturated rings. The maximum atomic E-state index is 2.73. The van der Waals surface area contributed by atoms with Crippen molar-refractivity contribution in [1.82, 2.24) is 0 Å². The normalized spacial score (nSPS) is 23.8. The number of para-hydroxylation sites is 1. The van der Waals surface area contributed by atoms with Crippen LogP contribution in [0.1, 0.15) is 54.8 Å². The van der Waals surface area contributed by atoms with E-state index < -0.39 is 0 Å². The molecule has 27 heavy (non-hydrogen) atoms. The minimum Gasteiger partial charge on any atom is -0.364 e. The molecule has 1 unspecified atom stereocenters. The summed E-state index contributed by atoms with van der Waals surface area (Å²) in [6.45, 7) is 4.77. The van der Waals surface area contributed by atoms with E-state index in [2.05, 4.69) is 74.4 Å². The standard InChI is InChI=1S/C25H35N2/c1-20-10-4-7-14-24(20)26(18-17-22-12-8-9-19-27(22,2)3)25-16-15-21-11-5-6-13-23(21)25/h4-7,10-11,13-14,22,25H,8-9,12,15-19H2,1-3H3/q+1/t22-,25?/m1/s1. The molecule has 1 heterocycles. The number of hydrogen-bond donors (Lipinski definition) is 0. The first-order valence-corrected chi connectivity index (χ1v) is 10.8. The molecule has 0 spiro atoms. The molecule has 2 heteroatoms. The van der Waals surface area contributed by atoms with E-state index in [4.69, 9.17) is 0 Å². The van der Waals surface area contributed by atoms with Crippen molar-refractivity contribution in [2.24, 2.45) is 0 Å². The van der Waals surface area contributed by atoms with Crippen LogP contribution in [0.4, 0.5) is 5.69 Å². The van der Waals surface area contributed by atoms with Gasteiger partial charge in [-0.2, -0.15) is 0 Å². The van der Waals surface area contributed by atoms with Crippen LogP contribution in [0.3, 0.4) is 0 Å². The molecule has 0 aromatic heterocycles. The topological polar surface area (TPSA) is 3.24 Å². The Morgan fingerprint density at radius 2 is 1.74 bits per heavy atom. The van der Waals surface area contributed by atoms with Crippen LogP contribution in [0.5, 0.6) is 0 Å². The van der Waals surface area contributed by atoms with Gasteiger partial charge < -0.3 is 9.38 Å². The van der Waals surface area contributed by atoms with Gasteiger partial charge in [-0.3, -0.25) is 0 Å². The Hall–Kier alpha value is -1.80. The fraction of sp³-hybridized carbons (Fsp3) is 0.520. The molecule has 2 nitrogen and oxygen atoms in total. The van der Waals surface area contributed by atoms with Crippen LogP contribution < -0.4 is 4.90 Å². The van der Waals surface area contributed by atoms with Crippen LogP contribution in [0.25, 0.3) is 0 Å². The van der Waals surface area contributed by atoms with Crippen LogP contribution in [0.2, 0.25) is 0 Å². The summed E-state index contributed by atoms with van der Waals surface area (Å²) in [6, 6.07) is 19.4. The Balaban J connectivity index is 1.61. The molecular formula is C25H35N2+. The Labute approximate surface area is 165 Å². The molecule has 0 saturated carbocycles. The van der Waals surface area contributed by atoms with Gasteiger partial charge in [-0.1, -0.05) is 42.5 Å². The SMILES string of the molecule is Cc1ccccc1N(CC[C@H]1CCCC[N+]1(C)C)C1CCc2ccccc21. The fourth-order valence-electron chi connectivity index (χ4n) is 5.40. The van der Waals surface area contributed by atoms with Crippen molar-refractivity contribution in [3.63, 3.8) is 0 Å². The third kappa shape index (κ3) is 3.78. The van der Waals surface area contributed by atoms with Crippen LogP contribution >= 0.6 is 0 Å². The lowest BCUT2D eigenvalue weighted by Crippen LogP contribution is -2.53. The van der Waals surface area contributed by atoms with Gasteiger partial charge in [0.2, 0.25) is 0 Å². The zero-order chi connectivity index (χ0) is 18.9. The van der Waals surface area contributed by atoms with E-state index in [0.29, 0.717) is 6.04 Å². The third-order valence-corrected chi connectivity index (χ3v) is 7.12. The maximum Gasteiger partial charge on any atom is 0.0903 e. The number of anilines is 1. The molecule has 2 aromatic carbocycles. The molecule has 144 valence electrons. The van der Waals surface area contributed by atoms with Crippen LogP contribution in [0.15, 0.2) is 48.5 Å². The monoisotopic (exact) mass is 363 g/mol. The zero-order valence-corrected chi connectivity index (χ0v) is 17.3. The highest BCUT2D eigenvalue weighted by Gasteiger charge is 2.34. The number of benzene rings is 2. The second kappa shape index (κ2) is 7.67. The van der Waals surface area contributed by atoms with E-state index in [0.717, 1.165) is 12.6 Å². The average molecular weight is 364 g/mol. The molecule has 0 N–H and O–H groups in total. The van der Waals surface area contributed by atoms with Gasteiger partial charge in [0.15, 0.2) is 0 Å². The third-order valence-electron chi connectivity index (χ3n) is 7.12. The molecule has 4 rings (SSSR count). The highest BCUT2D eigenvalue weighted by Crippen LogP contribution is 2.39. The van der Waals surface area contributed by atoms with Crippen molar-refractivity contribution in [1.29, 1.82) is 0 Å². The van der Waals surface area contributed by atoms with E-state index in [1.54, 1.807) is 11.1 Å². The number of rotatable bonds is 5. The zero-order valence-electron chi connectivity index (χ0n) is 17.3. The predicted octanol–water partition coefficient (Wildman–Crippen LogP) is 5.51. The summed E-state index contributed by atoms with van der Waals surface area (Å²) in [7, 11) is 4.87. The van der Waals surface area contributed by atoms with Gasteiger partial charge in [-0.05, 0) is 61.8 Å². The molecule has 1 aliphatic heterocycles. The molecule has 2 aliphatic rings. The maximum absolute atomic E-state index is 2.73. The lowest BCUT2D eigenvalue weighted by atomic mass is 9.96. The quantitative estimate of drug-likeness (QED) is 0.633. The summed E-state index contributed by atoms with van der Waals surface area (Å²) in [6.07, 6.45) is 7.94. The Bertz CT molecular complexity index is 779. The van der Waals surface area contributed by atoms with Crippen molar-refractivity contribution < 1.29 is 4.48 Å². The average Bonchev–Trinajstić information content (AvgIpc) is 3.08. The second-order valence-electron chi connectivity index (χ2n) is 9.17. The molecule has 0 amide bonds. The summed E-state index contributed by atoms with van der Waals surface area (Å²) in [4.78, 5) is 2.73. The molecule has 1 aliphatic carbocycles. The van der Waals surface area contributed by atoms with Gasteiger partial charge in [0.05, 0.1) is 32.7 Å². The summed E-state index contributed by atoms with van der Waals surface area (Å²) in [5.41, 5.74) is 5.94. The molecule has 2 aromatic rings. The second-order valence-corrected chi connectivity index (χ2v) is 9.17. The number of fused-ring (bicyclic) bond motifs is 1. The van der Waals surface area contributed by atoms with Crippen molar-refractivity contribution >= 4 is 5.69 Å². The summed E-state index contributed by atoms with van der Waals surface area (Å²) >= 11 is 0. The number of likely N-dealkylation sites (tertiary alicyclic amines) is 1. The van der Waals surface area contributed by atoms with Gasteiger partial charge in [0.1, 0.15) is 0 Å². The van der Waals surface area contributed by atoms with Crippen LogP contribution in [0, 0.1) is 6.92 Å². The van der Waals surface area contributed by atoms with Crippen molar-refractivity contribution in [3.8, 4) is 0 Å². The highest BCUT2D eigenvalue weighted by molar-refractivity contribution is 5.56. The number of piperidine rings is 1. The van der Waals surface area contributed by atoms with E-state index in [-0.39, 0.29) is 0 Å². The molecule has 0 bridgehead atoms. The van der Waals surface area contributed by atoms with E-state index >= 15 is 0 Å². The predicted molar refractivity (Wildman–Crippen MR) is 115 cm³/mol. The van der Waals surface area contributed by atoms with E-state index in [9.17, 15) is 0 Å². The number of quaternary nitrogens is 1. The van der Waals surface area contributed by atoms with Crippen molar-refractivity contribution in [2.45, 2.75) is 57.5 Å². The smallest absolute Gasteiger partial charge is 0.0903 e. The minimum absolute atomic E-state index is 0.529. The first-order chi connectivity index (χ1) is 13.1. The molecule has 0 radical (unpaired) electrons. The van der Waals surface area contributed by atoms with Crippen LogP contribution in [-0.2, 0) is 6.42 Å². The Kier molecular flexibility index (Phi) is 5.27. The summed E-state index contributed by atoms with van der Waals surface area (Å²) in [5.74, 6) is 0. The number of nitrogens with zero attached hydrogens (tertiary/aromatic N) is 2. The Morgan fingerprint density at radius 1 is 0.963 bits per heavy atom. The largest absolute Gasteiger partial charge is 0.364 e. The molecule has 1 saturated heterocycles. The minimum atomic E-state index is 0.529. The number of hydrogen-bond acceptors (Lipinski definition) is 1. The van der Waals surface area contributed by atoms with Gasteiger partial charge in [-0.15, -0.1) is 0 Å². The Morgan fingerprint density at radius 3 is 2.56 bits per heavy atom. The van der Waals surface area contributed by atoms with Gasteiger partial charge >= 0.3 is 0 Å². The fourth-order valence-corrected chi connectivity index (χ4v) is 5.40. The first kappa shape index (κ1) is 18.6. The summed E-state index contributed by atoms with van der Waals surface area (Å²) in [5, 5.41) is 0. The van der Waals surface area contributed by atoms with Crippen LogP contribution in [-0.4, -0.2) is 37.7 Å². The molecule has 2 atom stereocenters. The van der Waals surface area contributed by atoms with Gasteiger partial charge in [-0.25, -0.2) is 0 Å². The van der Waals surface area contributed by atoms with E-state index in [1.807, 2.05) is 0 Å². The van der Waals surface area contributed by atoms with Crippen molar-refractivity contribution in [3.05, 3.63) is 65.2 Å². The number of aryl methyl sites for hydroxylation is 2. The van der Waals surface area contributed by atoms with Gasteiger partial charge in [0, 0.05) is 18.7 Å². The molecular weight excluding hydrogens is 328 g/mol. The van der Waals surface area contributed by atoms with Crippen molar-refractivity contribution in [2.75, 3.05) is 32.1 Å². The highest BCUT2D eigenvalue weighted by atomic mass is 15.3. The van der Waals surface area contributed by atoms with E-state index in [1.165, 1.54) is 60.8 Å². The van der Waals surface area contributed by atoms with Gasteiger partial charge in [0.25, 0.3) is 0 Å². The summed E-state index contributed by atoms with van der Waals surface area (Å²) < 4.78 is 1.20.